The summed E-state index contributed by atoms with van der Waals surface area (Å²) in [5.74, 6) is 0. The molecule has 1 unspecified atom stereocenters. The Labute approximate surface area is 117 Å². The second kappa shape index (κ2) is 6.92. The lowest BCUT2D eigenvalue weighted by atomic mass is 10.1. The molecular weight excluding hydrogens is 234 g/mol. The molecule has 3 heteroatoms. The molecule has 0 saturated carbocycles. The van der Waals surface area contributed by atoms with E-state index in [1.807, 2.05) is 0 Å². The summed E-state index contributed by atoms with van der Waals surface area (Å²) in [6.45, 7) is 3.45. The maximum Gasteiger partial charge on any atom is 0.0342 e. The Morgan fingerprint density at radius 3 is 2.58 bits per heavy atom. The fourth-order valence-corrected chi connectivity index (χ4v) is 2.69. The molecule has 3 nitrogen and oxygen atoms in total. The van der Waals surface area contributed by atoms with Gasteiger partial charge in [-0.1, -0.05) is 12.1 Å². The zero-order valence-electron chi connectivity index (χ0n) is 12.5. The number of likely N-dealkylation sites (tertiary alicyclic amines) is 1. The topological polar surface area (TPSA) is 18.5 Å². The molecule has 1 fully saturated rings. The van der Waals surface area contributed by atoms with Gasteiger partial charge in [-0.3, -0.25) is 0 Å². The van der Waals surface area contributed by atoms with Crippen molar-refractivity contribution in [3.05, 3.63) is 29.8 Å². The van der Waals surface area contributed by atoms with Gasteiger partial charge in [-0.15, -0.1) is 0 Å². The average Bonchev–Trinajstić information content (AvgIpc) is 2.56. The van der Waals surface area contributed by atoms with Crippen molar-refractivity contribution >= 4 is 5.69 Å². The highest BCUT2D eigenvalue weighted by atomic mass is 15.1. The van der Waals surface area contributed by atoms with E-state index in [0.29, 0.717) is 6.04 Å². The van der Waals surface area contributed by atoms with Crippen LogP contribution in [0.4, 0.5) is 5.69 Å². The van der Waals surface area contributed by atoms with E-state index in [9.17, 15) is 0 Å². The van der Waals surface area contributed by atoms with E-state index in [2.05, 4.69) is 60.5 Å². The van der Waals surface area contributed by atoms with Crippen molar-refractivity contribution in [1.82, 2.24) is 9.80 Å². The Morgan fingerprint density at radius 2 is 1.89 bits per heavy atom. The molecule has 106 valence electrons. The van der Waals surface area contributed by atoms with Gasteiger partial charge in [-0.2, -0.15) is 0 Å². The van der Waals surface area contributed by atoms with Crippen molar-refractivity contribution in [3.8, 4) is 0 Å². The van der Waals surface area contributed by atoms with Crippen molar-refractivity contribution < 1.29 is 0 Å². The number of rotatable bonds is 4. The van der Waals surface area contributed by atoms with Gasteiger partial charge in [0.25, 0.3) is 0 Å². The molecule has 1 aliphatic heterocycles. The maximum atomic E-state index is 3.68. The molecule has 2 rings (SSSR count). The van der Waals surface area contributed by atoms with Crippen LogP contribution in [-0.4, -0.2) is 50.1 Å². The van der Waals surface area contributed by atoms with Crippen LogP contribution in [0.1, 0.15) is 24.8 Å². The van der Waals surface area contributed by atoms with Gasteiger partial charge in [0, 0.05) is 18.3 Å². The molecule has 1 N–H and O–H groups in total. The summed E-state index contributed by atoms with van der Waals surface area (Å²) in [4.78, 5) is 4.63. The number of anilines is 1. The van der Waals surface area contributed by atoms with E-state index in [4.69, 9.17) is 0 Å². The van der Waals surface area contributed by atoms with E-state index in [0.717, 1.165) is 6.54 Å². The first-order valence-corrected chi connectivity index (χ1v) is 7.32. The summed E-state index contributed by atoms with van der Waals surface area (Å²) in [6.07, 6.45) is 3.83. The van der Waals surface area contributed by atoms with E-state index < -0.39 is 0 Å². The van der Waals surface area contributed by atoms with E-state index >= 15 is 0 Å². The second-order valence-corrected chi connectivity index (χ2v) is 6.01. The molecular formula is C16H27N3. The van der Waals surface area contributed by atoms with Gasteiger partial charge in [0.15, 0.2) is 0 Å². The Morgan fingerprint density at radius 1 is 1.16 bits per heavy atom. The molecule has 0 aromatic heterocycles. The fraction of sp³-hybridized carbons (Fsp3) is 0.625. The molecule has 19 heavy (non-hydrogen) atoms. The van der Waals surface area contributed by atoms with Crippen molar-refractivity contribution in [2.24, 2.45) is 0 Å². The third kappa shape index (κ3) is 4.84. The normalized spacial score (nSPS) is 21.4. The minimum atomic E-state index is 0.629. The van der Waals surface area contributed by atoms with Gasteiger partial charge in [0.1, 0.15) is 0 Å². The predicted molar refractivity (Wildman–Crippen MR) is 82.6 cm³/mol. The molecule has 1 aromatic carbocycles. The number of nitrogens with one attached hydrogen (secondary N) is 1. The monoisotopic (exact) mass is 261 g/mol. The molecule has 0 bridgehead atoms. The standard InChI is InChI=1S/C16H27N3/c1-18(2)13-14-6-8-16(9-7-14)17-15-5-4-11-19(3)12-10-15/h6-9,15,17H,4-5,10-13H2,1-3H3. The van der Waals surface area contributed by atoms with Gasteiger partial charge in [0.05, 0.1) is 0 Å². The average molecular weight is 261 g/mol. The molecule has 1 aliphatic rings. The lowest BCUT2D eigenvalue weighted by Gasteiger charge is -2.18. The third-order valence-corrected chi connectivity index (χ3v) is 3.78. The Bertz CT molecular complexity index is 372. The number of hydrogen-bond acceptors (Lipinski definition) is 3. The summed E-state index contributed by atoms with van der Waals surface area (Å²) in [5.41, 5.74) is 2.63. The van der Waals surface area contributed by atoms with Gasteiger partial charge >= 0.3 is 0 Å². The van der Waals surface area contributed by atoms with Crippen LogP contribution in [-0.2, 0) is 6.54 Å². The highest BCUT2D eigenvalue weighted by Gasteiger charge is 2.14. The molecule has 1 atom stereocenters. The summed E-state index contributed by atoms with van der Waals surface area (Å²) in [7, 11) is 6.43. The Balaban J connectivity index is 1.88. The Hall–Kier alpha value is -1.06. The lowest BCUT2D eigenvalue weighted by molar-refractivity contribution is 0.348. The fourth-order valence-electron chi connectivity index (χ4n) is 2.69. The van der Waals surface area contributed by atoms with Crippen molar-refractivity contribution in [2.45, 2.75) is 31.8 Å². The van der Waals surface area contributed by atoms with Crippen LogP contribution in [0.25, 0.3) is 0 Å². The molecule has 1 aromatic rings. The molecule has 0 spiro atoms. The first-order chi connectivity index (χ1) is 9.13. The minimum absolute atomic E-state index is 0.629. The van der Waals surface area contributed by atoms with Gasteiger partial charge < -0.3 is 15.1 Å². The summed E-state index contributed by atoms with van der Waals surface area (Å²) < 4.78 is 0. The SMILES string of the molecule is CN(C)Cc1ccc(NC2CCCN(C)CC2)cc1. The van der Waals surface area contributed by atoms with Crippen LogP contribution in [0, 0.1) is 0 Å². The van der Waals surface area contributed by atoms with Crippen molar-refractivity contribution in [1.29, 1.82) is 0 Å². The van der Waals surface area contributed by atoms with Gasteiger partial charge in [0.2, 0.25) is 0 Å². The smallest absolute Gasteiger partial charge is 0.0342 e. The van der Waals surface area contributed by atoms with Crippen LogP contribution >= 0.6 is 0 Å². The maximum absolute atomic E-state index is 3.68. The van der Waals surface area contributed by atoms with Crippen LogP contribution in [0.2, 0.25) is 0 Å². The van der Waals surface area contributed by atoms with E-state index in [-0.39, 0.29) is 0 Å². The van der Waals surface area contributed by atoms with Crippen LogP contribution in [0.15, 0.2) is 24.3 Å². The van der Waals surface area contributed by atoms with Crippen molar-refractivity contribution in [3.63, 3.8) is 0 Å². The summed E-state index contributed by atoms with van der Waals surface area (Å²) >= 11 is 0. The molecule has 1 saturated heterocycles. The second-order valence-electron chi connectivity index (χ2n) is 6.01. The lowest BCUT2D eigenvalue weighted by Crippen LogP contribution is -2.23. The van der Waals surface area contributed by atoms with E-state index in [1.165, 1.54) is 43.6 Å². The number of hydrogen-bond donors (Lipinski definition) is 1. The summed E-state index contributed by atoms with van der Waals surface area (Å²) in [5, 5.41) is 3.68. The predicted octanol–water partition coefficient (Wildman–Crippen LogP) is 2.64. The van der Waals surface area contributed by atoms with Gasteiger partial charge in [-0.05, 0) is 71.2 Å². The Kier molecular flexibility index (Phi) is 5.23. The largest absolute Gasteiger partial charge is 0.382 e. The minimum Gasteiger partial charge on any atom is -0.382 e. The zero-order chi connectivity index (χ0) is 13.7. The van der Waals surface area contributed by atoms with Crippen LogP contribution in [0.5, 0.6) is 0 Å². The first kappa shape index (κ1) is 14.4. The van der Waals surface area contributed by atoms with Gasteiger partial charge in [-0.25, -0.2) is 0 Å². The summed E-state index contributed by atoms with van der Waals surface area (Å²) in [6, 6.07) is 9.52. The van der Waals surface area contributed by atoms with E-state index in [1.54, 1.807) is 0 Å². The van der Waals surface area contributed by atoms with Crippen LogP contribution < -0.4 is 5.32 Å². The molecule has 0 amide bonds. The third-order valence-electron chi connectivity index (χ3n) is 3.78. The number of benzene rings is 1. The molecule has 1 heterocycles. The number of nitrogens with zero attached hydrogens (tertiary/aromatic N) is 2. The quantitative estimate of drug-likeness (QED) is 0.899. The van der Waals surface area contributed by atoms with Crippen molar-refractivity contribution in [2.75, 3.05) is 39.5 Å². The molecule has 0 radical (unpaired) electrons. The molecule has 0 aliphatic carbocycles. The highest BCUT2D eigenvalue weighted by Crippen LogP contribution is 2.17. The first-order valence-electron chi connectivity index (χ1n) is 7.32. The highest BCUT2D eigenvalue weighted by molar-refractivity contribution is 5.45. The van der Waals surface area contributed by atoms with Crippen LogP contribution in [0.3, 0.4) is 0 Å². The zero-order valence-corrected chi connectivity index (χ0v) is 12.5.